The molecule has 10 nitrogen and oxygen atoms in total. The van der Waals surface area contributed by atoms with Gasteiger partial charge in [-0.25, -0.2) is 9.07 Å². The van der Waals surface area contributed by atoms with E-state index < -0.39 is 51.9 Å². The molecule has 0 fully saturated rings. The van der Waals surface area contributed by atoms with Crippen LogP contribution in [0.5, 0.6) is 0 Å². The Labute approximate surface area is 205 Å². The van der Waals surface area contributed by atoms with Gasteiger partial charge >= 0.3 is 6.18 Å². The number of hydrogen-bond acceptors (Lipinski definition) is 7. The van der Waals surface area contributed by atoms with Gasteiger partial charge in [0.25, 0.3) is 11.5 Å². The fraction of sp³-hybridized carbons (Fsp3) is 0.174. The van der Waals surface area contributed by atoms with Crippen molar-refractivity contribution in [2.24, 2.45) is 7.05 Å². The highest BCUT2D eigenvalue weighted by Gasteiger charge is 2.35. The van der Waals surface area contributed by atoms with Gasteiger partial charge in [0.05, 0.1) is 35.4 Å². The highest BCUT2D eigenvalue weighted by atomic mass is 19.4. The first-order valence-electron chi connectivity index (χ1n) is 10.5. The zero-order chi connectivity index (χ0) is 26.9. The topological polar surface area (TPSA) is 131 Å². The molecule has 1 atom stereocenters. The van der Waals surface area contributed by atoms with Crippen molar-refractivity contribution < 1.29 is 22.4 Å². The summed E-state index contributed by atoms with van der Waals surface area (Å²) >= 11 is 0. The van der Waals surface area contributed by atoms with Crippen molar-refractivity contribution in [1.29, 1.82) is 5.26 Å². The van der Waals surface area contributed by atoms with Gasteiger partial charge in [0.15, 0.2) is 5.69 Å². The van der Waals surface area contributed by atoms with Crippen molar-refractivity contribution in [3.63, 3.8) is 0 Å². The molecule has 1 amide bonds. The lowest BCUT2D eigenvalue weighted by Crippen LogP contribution is -2.32. The average Bonchev–Trinajstić information content (AvgIpc) is 3.29. The van der Waals surface area contributed by atoms with E-state index in [-0.39, 0.29) is 5.69 Å². The maximum Gasteiger partial charge on any atom is 0.419 e. The highest BCUT2D eigenvalue weighted by Crippen LogP contribution is 2.33. The molecule has 3 heterocycles. The summed E-state index contributed by atoms with van der Waals surface area (Å²) in [6.45, 7) is 1.28. The van der Waals surface area contributed by atoms with Crippen molar-refractivity contribution in [3.05, 3.63) is 87.5 Å². The Morgan fingerprint density at radius 3 is 2.59 bits per heavy atom. The van der Waals surface area contributed by atoms with E-state index in [0.717, 1.165) is 22.9 Å². The number of amides is 1. The third-order valence-electron chi connectivity index (χ3n) is 5.39. The quantitative estimate of drug-likeness (QED) is 0.407. The first-order chi connectivity index (χ1) is 17.5. The van der Waals surface area contributed by atoms with Crippen LogP contribution < -0.4 is 10.9 Å². The standard InChI is InChI=1S/C23H16F4N8O2/c1-12(16-4-3-5-17(20(16)24)23(25,26)27)31-21(36)18-7-13(8-28)22(37)35(32-18)15-6-14(9-29-10-15)19-11-30-33-34(19)2/h3-7,9-12H,1-2H3,(H,31,36)/t12-/m1/s1. The number of nitrogens with zero attached hydrogens (tertiary/aromatic N) is 7. The molecule has 188 valence electrons. The number of nitriles is 1. The van der Waals surface area contributed by atoms with Crippen molar-refractivity contribution >= 4 is 5.91 Å². The van der Waals surface area contributed by atoms with E-state index in [1.165, 1.54) is 36.3 Å². The molecule has 0 radical (unpaired) electrons. The fourth-order valence-electron chi connectivity index (χ4n) is 3.55. The molecule has 3 aromatic heterocycles. The van der Waals surface area contributed by atoms with E-state index in [4.69, 9.17) is 0 Å². The Bertz CT molecular complexity index is 1600. The molecule has 0 aliphatic rings. The van der Waals surface area contributed by atoms with Crippen molar-refractivity contribution in [3.8, 4) is 23.0 Å². The van der Waals surface area contributed by atoms with E-state index in [9.17, 15) is 32.4 Å². The number of hydrogen-bond donors (Lipinski definition) is 1. The number of benzene rings is 1. The monoisotopic (exact) mass is 512 g/mol. The minimum Gasteiger partial charge on any atom is -0.344 e. The number of nitrogens with one attached hydrogen (secondary N) is 1. The van der Waals surface area contributed by atoms with Gasteiger partial charge in [-0.15, -0.1) is 5.10 Å². The number of aromatic nitrogens is 6. The number of alkyl halides is 3. The molecule has 4 rings (SSSR count). The molecule has 0 saturated carbocycles. The van der Waals surface area contributed by atoms with Crippen LogP contribution in [0, 0.1) is 17.1 Å². The minimum atomic E-state index is -4.92. The molecular formula is C23H16F4N8O2. The Morgan fingerprint density at radius 1 is 1.19 bits per heavy atom. The lowest BCUT2D eigenvalue weighted by Gasteiger charge is -2.18. The summed E-state index contributed by atoms with van der Waals surface area (Å²) in [5.41, 5.74) is -2.34. The second kappa shape index (κ2) is 9.61. The Morgan fingerprint density at radius 2 is 1.95 bits per heavy atom. The molecular weight excluding hydrogens is 496 g/mol. The van der Waals surface area contributed by atoms with Crippen LogP contribution in [0.4, 0.5) is 17.6 Å². The number of pyridine rings is 1. The lowest BCUT2D eigenvalue weighted by atomic mass is 10.0. The maximum atomic E-state index is 14.5. The molecule has 1 aromatic carbocycles. The number of rotatable bonds is 5. The summed E-state index contributed by atoms with van der Waals surface area (Å²) in [4.78, 5) is 29.8. The molecule has 0 aliphatic heterocycles. The summed E-state index contributed by atoms with van der Waals surface area (Å²) in [7, 11) is 1.65. The first-order valence-corrected chi connectivity index (χ1v) is 10.5. The van der Waals surface area contributed by atoms with Crippen LogP contribution >= 0.6 is 0 Å². The van der Waals surface area contributed by atoms with Crippen molar-refractivity contribution in [2.45, 2.75) is 19.1 Å². The molecule has 0 saturated heterocycles. The van der Waals surface area contributed by atoms with Gasteiger partial charge in [-0.2, -0.15) is 28.2 Å². The predicted molar refractivity (Wildman–Crippen MR) is 120 cm³/mol. The third-order valence-corrected chi connectivity index (χ3v) is 5.39. The molecule has 37 heavy (non-hydrogen) atoms. The molecule has 0 spiro atoms. The van der Waals surface area contributed by atoms with E-state index in [1.807, 2.05) is 0 Å². The summed E-state index contributed by atoms with van der Waals surface area (Å²) in [6, 6.07) is 5.66. The van der Waals surface area contributed by atoms with Gasteiger partial charge in [-0.05, 0) is 25.1 Å². The van der Waals surface area contributed by atoms with Crippen LogP contribution in [0.2, 0.25) is 0 Å². The van der Waals surface area contributed by atoms with Gasteiger partial charge in [0.1, 0.15) is 17.4 Å². The molecule has 0 bridgehead atoms. The zero-order valence-electron chi connectivity index (χ0n) is 19.2. The number of carbonyl (C=O) groups is 1. The fourth-order valence-corrected chi connectivity index (χ4v) is 3.55. The van der Waals surface area contributed by atoms with E-state index >= 15 is 0 Å². The SMILES string of the molecule is C[C@@H](NC(=O)c1cc(C#N)c(=O)n(-c2cncc(-c3cnnn3C)c2)n1)c1cccc(C(F)(F)F)c1F. The normalized spacial score (nSPS) is 12.1. The second-order valence-corrected chi connectivity index (χ2v) is 7.85. The summed E-state index contributed by atoms with van der Waals surface area (Å²) in [5, 5.41) is 23.4. The van der Waals surface area contributed by atoms with E-state index in [0.29, 0.717) is 17.3 Å². The number of aryl methyl sites for hydroxylation is 1. The smallest absolute Gasteiger partial charge is 0.344 e. The Balaban J connectivity index is 1.70. The van der Waals surface area contributed by atoms with Crippen LogP contribution in [-0.2, 0) is 13.2 Å². The molecule has 0 unspecified atom stereocenters. The van der Waals surface area contributed by atoms with Gasteiger partial charge in [0, 0.05) is 24.4 Å². The van der Waals surface area contributed by atoms with Crippen LogP contribution in [-0.4, -0.2) is 35.7 Å². The van der Waals surface area contributed by atoms with Crippen molar-refractivity contribution in [2.75, 3.05) is 0 Å². The van der Waals surface area contributed by atoms with Gasteiger partial charge in [0.2, 0.25) is 0 Å². The molecule has 1 N–H and O–H groups in total. The summed E-state index contributed by atoms with van der Waals surface area (Å²) in [5.74, 6) is -2.47. The van der Waals surface area contributed by atoms with Crippen LogP contribution in [0.25, 0.3) is 16.9 Å². The average molecular weight is 512 g/mol. The van der Waals surface area contributed by atoms with Gasteiger partial charge in [-0.1, -0.05) is 17.3 Å². The number of halogens is 4. The van der Waals surface area contributed by atoms with Crippen LogP contribution in [0.15, 0.2) is 53.7 Å². The first kappa shape index (κ1) is 25.2. The molecule has 0 aliphatic carbocycles. The largest absolute Gasteiger partial charge is 0.419 e. The van der Waals surface area contributed by atoms with Crippen LogP contribution in [0.1, 0.15) is 40.1 Å². The summed E-state index contributed by atoms with van der Waals surface area (Å²) < 4.78 is 56.0. The van der Waals surface area contributed by atoms with Crippen molar-refractivity contribution in [1.82, 2.24) is 35.1 Å². The zero-order valence-corrected chi connectivity index (χ0v) is 19.2. The highest BCUT2D eigenvalue weighted by molar-refractivity contribution is 5.92. The van der Waals surface area contributed by atoms with E-state index in [1.54, 1.807) is 13.1 Å². The third kappa shape index (κ3) is 4.92. The second-order valence-electron chi connectivity index (χ2n) is 7.85. The summed E-state index contributed by atoms with van der Waals surface area (Å²) in [6.07, 6.45) is -0.683. The predicted octanol–water partition coefficient (Wildman–Crippen LogP) is 2.94. The Hall–Kier alpha value is -4.93. The van der Waals surface area contributed by atoms with Gasteiger partial charge < -0.3 is 5.32 Å². The maximum absolute atomic E-state index is 14.5. The molecule has 14 heteroatoms. The Kier molecular flexibility index (Phi) is 6.54. The van der Waals surface area contributed by atoms with Gasteiger partial charge in [-0.3, -0.25) is 14.6 Å². The van der Waals surface area contributed by atoms with E-state index in [2.05, 4.69) is 25.7 Å². The lowest BCUT2D eigenvalue weighted by molar-refractivity contribution is -0.140. The molecule has 4 aromatic rings. The van der Waals surface area contributed by atoms with Crippen LogP contribution in [0.3, 0.4) is 0 Å². The number of carbonyl (C=O) groups excluding carboxylic acids is 1. The minimum absolute atomic E-state index is 0.117.